The normalized spacial score (nSPS) is 18.9. The first-order valence-electron chi connectivity index (χ1n) is 15.0. The van der Waals surface area contributed by atoms with Crippen LogP contribution in [0.2, 0.25) is 0 Å². The van der Waals surface area contributed by atoms with Gasteiger partial charge in [0.1, 0.15) is 11.5 Å². The molecule has 2 saturated heterocycles. The number of ether oxygens (including phenoxy) is 4. The van der Waals surface area contributed by atoms with Crippen LogP contribution in [0.1, 0.15) is 62.3 Å². The lowest BCUT2D eigenvalue weighted by Crippen LogP contribution is -2.42. The number of hydrogen-bond acceptors (Lipinski definition) is 8. The first-order valence-corrected chi connectivity index (χ1v) is 15.0. The molecule has 1 atom stereocenters. The molecular formula is C33H44N2O7. The van der Waals surface area contributed by atoms with Crippen molar-refractivity contribution in [2.45, 2.75) is 52.5 Å². The fourth-order valence-corrected chi connectivity index (χ4v) is 5.40. The number of carbonyl (C=O) groups is 2. The number of nitrogens with zero attached hydrogens (tertiary/aromatic N) is 2. The van der Waals surface area contributed by atoms with Crippen molar-refractivity contribution in [3.8, 4) is 17.2 Å². The van der Waals surface area contributed by atoms with Crippen molar-refractivity contribution in [1.82, 2.24) is 9.80 Å². The number of aliphatic hydroxyl groups excluding tert-OH is 1. The Morgan fingerprint density at radius 1 is 0.952 bits per heavy atom. The van der Waals surface area contributed by atoms with Gasteiger partial charge in [0, 0.05) is 31.7 Å². The number of methoxy groups -OCH3 is 1. The van der Waals surface area contributed by atoms with Gasteiger partial charge in [-0.05, 0) is 61.2 Å². The fourth-order valence-electron chi connectivity index (χ4n) is 5.40. The second kappa shape index (κ2) is 15.1. The number of hydrogen-bond donors (Lipinski definition) is 1. The van der Waals surface area contributed by atoms with E-state index in [2.05, 4.69) is 11.8 Å². The van der Waals surface area contributed by atoms with Gasteiger partial charge in [0.2, 0.25) is 0 Å². The number of amides is 1. The van der Waals surface area contributed by atoms with Crippen LogP contribution < -0.4 is 14.2 Å². The van der Waals surface area contributed by atoms with E-state index in [1.165, 1.54) is 0 Å². The van der Waals surface area contributed by atoms with E-state index in [9.17, 15) is 14.7 Å². The molecule has 2 aliphatic rings. The van der Waals surface area contributed by atoms with E-state index in [0.717, 1.165) is 44.3 Å². The molecule has 0 spiro atoms. The van der Waals surface area contributed by atoms with E-state index >= 15 is 0 Å². The highest BCUT2D eigenvalue weighted by Crippen LogP contribution is 2.42. The lowest BCUT2D eigenvalue weighted by molar-refractivity contribution is -0.140. The summed E-state index contributed by atoms with van der Waals surface area (Å²) in [5.41, 5.74) is 1.95. The molecule has 2 aromatic rings. The molecule has 1 amide bonds. The van der Waals surface area contributed by atoms with E-state index in [4.69, 9.17) is 18.9 Å². The van der Waals surface area contributed by atoms with Crippen molar-refractivity contribution < 1.29 is 33.6 Å². The van der Waals surface area contributed by atoms with Crippen LogP contribution in [0.5, 0.6) is 17.2 Å². The minimum atomic E-state index is -0.788. The molecule has 1 unspecified atom stereocenters. The maximum absolute atomic E-state index is 13.6. The molecule has 228 valence electrons. The van der Waals surface area contributed by atoms with Crippen LogP contribution in [0.3, 0.4) is 0 Å². The summed E-state index contributed by atoms with van der Waals surface area (Å²) in [6.45, 7) is 10.9. The van der Waals surface area contributed by atoms with Crippen molar-refractivity contribution >= 4 is 17.4 Å². The van der Waals surface area contributed by atoms with Gasteiger partial charge in [0.15, 0.2) is 11.5 Å². The number of ketones is 1. The summed E-state index contributed by atoms with van der Waals surface area (Å²) in [6.07, 6.45) is 3.98. The van der Waals surface area contributed by atoms with Gasteiger partial charge < -0.3 is 29.0 Å². The first kappa shape index (κ1) is 31.4. The number of benzene rings is 2. The van der Waals surface area contributed by atoms with Crippen molar-refractivity contribution in [3.05, 3.63) is 58.7 Å². The zero-order valence-electron chi connectivity index (χ0n) is 25.3. The Balaban J connectivity index is 1.73. The average molecular weight is 581 g/mol. The van der Waals surface area contributed by atoms with Gasteiger partial charge in [-0.1, -0.05) is 32.8 Å². The van der Waals surface area contributed by atoms with E-state index in [1.54, 1.807) is 30.2 Å². The van der Waals surface area contributed by atoms with E-state index in [0.29, 0.717) is 67.9 Å². The zero-order valence-corrected chi connectivity index (χ0v) is 25.3. The minimum Gasteiger partial charge on any atom is -0.507 e. The smallest absolute Gasteiger partial charge is 0.295 e. The lowest BCUT2D eigenvalue weighted by Gasteiger charge is -2.31. The third-order valence-corrected chi connectivity index (χ3v) is 7.74. The topological polar surface area (TPSA) is 97.8 Å². The minimum absolute atomic E-state index is 0.0611. The number of morpholine rings is 1. The summed E-state index contributed by atoms with van der Waals surface area (Å²) >= 11 is 0. The van der Waals surface area contributed by atoms with Gasteiger partial charge in [-0.3, -0.25) is 14.5 Å². The van der Waals surface area contributed by atoms with Crippen LogP contribution >= 0.6 is 0 Å². The predicted octanol–water partition coefficient (Wildman–Crippen LogP) is 5.12. The zero-order chi connectivity index (χ0) is 30.1. The summed E-state index contributed by atoms with van der Waals surface area (Å²) in [5.74, 6) is 0.258. The van der Waals surface area contributed by atoms with E-state index in [-0.39, 0.29) is 11.3 Å². The van der Waals surface area contributed by atoms with E-state index in [1.807, 2.05) is 32.0 Å². The Labute approximate surface area is 249 Å². The van der Waals surface area contributed by atoms with Crippen LogP contribution in [-0.4, -0.2) is 86.3 Å². The Morgan fingerprint density at radius 2 is 1.74 bits per heavy atom. The number of carbonyl (C=O) groups excluding carboxylic acids is 2. The number of aryl methyl sites for hydroxylation is 1. The molecule has 2 heterocycles. The van der Waals surface area contributed by atoms with Gasteiger partial charge in [0.25, 0.3) is 11.7 Å². The maximum Gasteiger partial charge on any atom is 0.295 e. The number of likely N-dealkylation sites (tertiary alicyclic amines) is 1. The van der Waals surface area contributed by atoms with Crippen LogP contribution in [0.25, 0.3) is 5.76 Å². The number of rotatable bonds is 14. The quantitative estimate of drug-likeness (QED) is 0.142. The van der Waals surface area contributed by atoms with Crippen molar-refractivity contribution in [3.63, 3.8) is 0 Å². The molecule has 0 radical (unpaired) electrons. The summed E-state index contributed by atoms with van der Waals surface area (Å²) in [6, 6.07) is 10.0. The third-order valence-electron chi connectivity index (χ3n) is 7.74. The predicted molar refractivity (Wildman–Crippen MR) is 161 cm³/mol. The van der Waals surface area contributed by atoms with Crippen molar-refractivity contribution in [2.24, 2.45) is 0 Å². The second-order valence-corrected chi connectivity index (χ2v) is 10.7. The molecule has 2 aromatic carbocycles. The molecule has 2 aliphatic heterocycles. The standard InChI is InChI=1S/C33H44N2O7/c1-5-7-8-18-42-27-12-9-24(22-28(27)39-4)30-29(31(36)26-11-10-25(21-23(26)3)41-17-6-2)32(37)33(38)35(30)14-13-34-15-19-40-20-16-34/h9-12,21-22,30,36H,5-8,13-20H2,1-4H3. The Morgan fingerprint density at radius 3 is 2.43 bits per heavy atom. The maximum atomic E-state index is 13.6. The van der Waals surface area contributed by atoms with Gasteiger partial charge in [-0.15, -0.1) is 0 Å². The summed E-state index contributed by atoms with van der Waals surface area (Å²) in [4.78, 5) is 30.9. The average Bonchev–Trinajstić information content (AvgIpc) is 3.26. The van der Waals surface area contributed by atoms with Crippen LogP contribution in [0.15, 0.2) is 42.0 Å². The first-order chi connectivity index (χ1) is 20.4. The molecule has 0 bridgehead atoms. The van der Waals surface area contributed by atoms with Crippen molar-refractivity contribution in [2.75, 3.05) is 59.7 Å². The Kier molecular flexibility index (Phi) is 11.3. The summed E-state index contributed by atoms with van der Waals surface area (Å²) in [7, 11) is 1.57. The van der Waals surface area contributed by atoms with Gasteiger partial charge in [-0.2, -0.15) is 0 Å². The molecule has 0 saturated carbocycles. The van der Waals surface area contributed by atoms with Crippen molar-refractivity contribution in [1.29, 1.82) is 0 Å². The van der Waals surface area contributed by atoms with Crippen LogP contribution in [-0.2, 0) is 14.3 Å². The highest BCUT2D eigenvalue weighted by molar-refractivity contribution is 6.46. The molecular weight excluding hydrogens is 536 g/mol. The number of unbranched alkanes of at least 4 members (excludes halogenated alkanes) is 2. The molecule has 0 aromatic heterocycles. The molecule has 0 aliphatic carbocycles. The molecule has 4 rings (SSSR count). The number of Topliss-reactive ketones (excluding diaryl/α,β-unsaturated/α-hetero) is 1. The van der Waals surface area contributed by atoms with Gasteiger partial charge >= 0.3 is 0 Å². The summed E-state index contributed by atoms with van der Waals surface area (Å²) in [5, 5.41) is 11.6. The lowest BCUT2D eigenvalue weighted by atomic mass is 9.93. The third kappa shape index (κ3) is 7.25. The molecule has 42 heavy (non-hydrogen) atoms. The fraction of sp³-hybridized carbons (Fsp3) is 0.515. The molecule has 1 N–H and O–H groups in total. The Hall–Kier alpha value is -3.56. The highest BCUT2D eigenvalue weighted by atomic mass is 16.5. The molecule has 9 heteroatoms. The second-order valence-electron chi connectivity index (χ2n) is 10.7. The van der Waals surface area contributed by atoms with Gasteiger partial charge in [0.05, 0.1) is 45.2 Å². The highest BCUT2D eigenvalue weighted by Gasteiger charge is 2.46. The SMILES string of the molecule is CCCCCOc1ccc(C2C(=C(O)c3ccc(OCCC)cc3C)C(=O)C(=O)N2CCN2CCOCC2)cc1OC. The largest absolute Gasteiger partial charge is 0.507 e. The van der Waals surface area contributed by atoms with E-state index < -0.39 is 17.7 Å². The van der Waals surface area contributed by atoms with Crippen LogP contribution in [0.4, 0.5) is 0 Å². The van der Waals surface area contributed by atoms with Crippen LogP contribution in [0, 0.1) is 6.92 Å². The Bertz CT molecular complexity index is 1270. The number of aliphatic hydroxyl groups is 1. The monoisotopic (exact) mass is 580 g/mol. The molecule has 2 fully saturated rings. The molecule has 9 nitrogen and oxygen atoms in total. The van der Waals surface area contributed by atoms with Gasteiger partial charge in [-0.25, -0.2) is 0 Å². The summed E-state index contributed by atoms with van der Waals surface area (Å²) < 4.78 is 22.9.